The molecule has 0 aliphatic carbocycles. The lowest BCUT2D eigenvalue weighted by molar-refractivity contribution is -0.119. The summed E-state index contributed by atoms with van der Waals surface area (Å²) in [5.41, 5.74) is 7.77. The number of rotatable bonds is 4. The monoisotopic (exact) mass is 325 g/mol. The van der Waals surface area contributed by atoms with Crippen LogP contribution in [0.3, 0.4) is 0 Å². The average Bonchev–Trinajstić information content (AvgIpc) is 2.55. The standard InChI is InChI=1S/C18H16ClN3O/c19-14-6-4-5-13(11-14)12-17(23)16-9-10-22(21-18(16)20)15-7-2-1-3-8-15/h1-11,16H,12H2,(H2,20,21). The van der Waals surface area contributed by atoms with Gasteiger partial charge in [0.25, 0.3) is 0 Å². The molecule has 23 heavy (non-hydrogen) atoms. The largest absolute Gasteiger partial charge is 0.385 e. The number of benzene rings is 2. The molecule has 0 aromatic heterocycles. The van der Waals surface area contributed by atoms with Gasteiger partial charge in [0.05, 0.1) is 11.6 Å². The van der Waals surface area contributed by atoms with Crippen LogP contribution in [0.2, 0.25) is 5.02 Å². The summed E-state index contributed by atoms with van der Waals surface area (Å²) in [7, 11) is 0. The van der Waals surface area contributed by atoms with E-state index in [4.69, 9.17) is 17.3 Å². The number of hydrogen-bond donors (Lipinski definition) is 1. The smallest absolute Gasteiger partial charge is 0.151 e. The number of halogens is 1. The molecule has 1 heterocycles. The number of Topliss-reactive ketones (excluding diaryl/α,β-unsaturated/α-hetero) is 1. The van der Waals surface area contributed by atoms with Gasteiger partial charge in [-0.3, -0.25) is 4.79 Å². The van der Waals surface area contributed by atoms with Crippen LogP contribution in [0.5, 0.6) is 0 Å². The molecule has 116 valence electrons. The van der Waals surface area contributed by atoms with Crippen molar-refractivity contribution >= 4 is 28.9 Å². The molecular formula is C18H16ClN3O. The van der Waals surface area contributed by atoms with Gasteiger partial charge in [0.15, 0.2) is 5.78 Å². The van der Waals surface area contributed by atoms with Crippen LogP contribution < -0.4 is 10.7 Å². The van der Waals surface area contributed by atoms with Crippen molar-refractivity contribution in [2.45, 2.75) is 6.42 Å². The fraction of sp³-hybridized carbons (Fsp3) is 0.111. The van der Waals surface area contributed by atoms with E-state index in [9.17, 15) is 4.79 Å². The van der Waals surface area contributed by atoms with Crippen LogP contribution in [0.4, 0.5) is 5.69 Å². The second-order valence-electron chi connectivity index (χ2n) is 5.30. The fourth-order valence-electron chi connectivity index (χ4n) is 2.44. The minimum Gasteiger partial charge on any atom is -0.385 e. The van der Waals surface area contributed by atoms with E-state index in [-0.39, 0.29) is 12.2 Å². The summed E-state index contributed by atoms with van der Waals surface area (Å²) in [6.07, 6.45) is 3.82. The number of carbonyl (C=O) groups is 1. The highest BCUT2D eigenvalue weighted by atomic mass is 35.5. The van der Waals surface area contributed by atoms with Crippen molar-refractivity contribution in [3.63, 3.8) is 0 Å². The summed E-state index contributed by atoms with van der Waals surface area (Å²) >= 11 is 5.95. The lowest BCUT2D eigenvalue weighted by Crippen LogP contribution is -2.35. The van der Waals surface area contributed by atoms with Gasteiger partial charge in [0, 0.05) is 17.6 Å². The molecule has 2 aromatic rings. The zero-order valence-electron chi connectivity index (χ0n) is 12.4. The first-order valence-corrected chi connectivity index (χ1v) is 7.65. The summed E-state index contributed by atoms with van der Waals surface area (Å²) in [4.78, 5) is 12.5. The van der Waals surface area contributed by atoms with Crippen LogP contribution in [0, 0.1) is 5.92 Å². The predicted octanol–water partition coefficient (Wildman–Crippen LogP) is 3.37. The molecule has 5 heteroatoms. The third kappa shape index (κ3) is 3.60. The van der Waals surface area contributed by atoms with Gasteiger partial charge in [-0.15, -0.1) is 0 Å². The quantitative estimate of drug-likeness (QED) is 0.937. The Hall–Kier alpha value is -2.59. The van der Waals surface area contributed by atoms with Crippen molar-refractivity contribution < 1.29 is 4.79 Å². The Balaban J connectivity index is 1.73. The average molecular weight is 326 g/mol. The van der Waals surface area contributed by atoms with Crippen molar-refractivity contribution in [3.05, 3.63) is 77.5 Å². The van der Waals surface area contributed by atoms with Gasteiger partial charge in [-0.05, 0) is 35.9 Å². The van der Waals surface area contributed by atoms with Crippen molar-refractivity contribution in [1.82, 2.24) is 0 Å². The Morgan fingerprint density at radius 2 is 1.96 bits per heavy atom. The van der Waals surface area contributed by atoms with Crippen molar-refractivity contribution in [2.24, 2.45) is 16.8 Å². The van der Waals surface area contributed by atoms with Crippen molar-refractivity contribution in [1.29, 1.82) is 0 Å². The van der Waals surface area contributed by atoms with Crippen LogP contribution >= 0.6 is 11.6 Å². The first-order chi connectivity index (χ1) is 11.1. The topological polar surface area (TPSA) is 58.7 Å². The van der Waals surface area contributed by atoms with Crippen molar-refractivity contribution in [3.8, 4) is 0 Å². The first-order valence-electron chi connectivity index (χ1n) is 7.27. The maximum absolute atomic E-state index is 12.5. The molecule has 0 saturated heterocycles. The molecule has 2 aromatic carbocycles. The molecule has 0 fully saturated rings. The summed E-state index contributed by atoms with van der Waals surface area (Å²) in [5.74, 6) is -0.213. The number of anilines is 1. The van der Waals surface area contributed by atoms with E-state index in [1.54, 1.807) is 29.4 Å². The molecule has 1 aliphatic heterocycles. The van der Waals surface area contributed by atoms with Crippen LogP contribution in [0.15, 0.2) is 72.0 Å². The number of nitrogens with zero attached hydrogens (tertiary/aromatic N) is 2. The van der Waals surface area contributed by atoms with Gasteiger partial charge in [0.2, 0.25) is 0 Å². The van der Waals surface area contributed by atoms with Crippen LogP contribution in [-0.2, 0) is 11.2 Å². The van der Waals surface area contributed by atoms with E-state index in [2.05, 4.69) is 5.10 Å². The Labute approximate surface area is 139 Å². The maximum Gasteiger partial charge on any atom is 0.151 e. The number of amidine groups is 1. The summed E-state index contributed by atoms with van der Waals surface area (Å²) in [6, 6.07) is 16.9. The van der Waals surface area contributed by atoms with E-state index >= 15 is 0 Å². The molecule has 0 amide bonds. The molecule has 0 saturated carbocycles. The third-order valence-electron chi connectivity index (χ3n) is 3.60. The Bertz CT molecular complexity index is 771. The predicted molar refractivity (Wildman–Crippen MR) is 93.3 cm³/mol. The highest BCUT2D eigenvalue weighted by Gasteiger charge is 2.24. The zero-order valence-corrected chi connectivity index (χ0v) is 13.1. The minimum atomic E-state index is -0.506. The second kappa shape index (κ2) is 6.67. The summed E-state index contributed by atoms with van der Waals surface area (Å²) in [6.45, 7) is 0. The second-order valence-corrected chi connectivity index (χ2v) is 5.73. The SMILES string of the molecule is NC1=NN(c2ccccc2)C=CC1C(=O)Cc1cccc(Cl)c1. The maximum atomic E-state index is 12.5. The van der Waals surface area contributed by atoms with Gasteiger partial charge >= 0.3 is 0 Å². The number of hydrazone groups is 1. The van der Waals surface area contributed by atoms with E-state index in [0.717, 1.165) is 11.3 Å². The molecular weight excluding hydrogens is 310 g/mol. The third-order valence-corrected chi connectivity index (χ3v) is 3.83. The molecule has 1 atom stereocenters. The normalized spacial score (nSPS) is 17.0. The van der Waals surface area contributed by atoms with Crippen LogP contribution in [0.25, 0.3) is 0 Å². The van der Waals surface area contributed by atoms with Gasteiger partial charge < -0.3 is 5.73 Å². The number of ketones is 1. The Morgan fingerprint density at radius 1 is 1.17 bits per heavy atom. The van der Waals surface area contributed by atoms with Gasteiger partial charge in [-0.25, -0.2) is 5.01 Å². The van der Waals surface area contributed by atoms with Gasteiger partial charge in [0.1, 0.15) is 5.84 Å². The molecule has 0 spiro atoms. The summed E-state index contributed by atoms with van der Waals surface area (Å²) < 4.78 is 0. The molecule has 4 nitrogen and oxygen atoms in total. The molecule has 1 aliphatic rings. The number of carbonyl (C=O) groups excluding carboxylic acids is 1. The highest BCUT2D eigenvalue weighted by Crippen LogP contribution is 2.20. The fourth-order valence-corrected chi connectivity index (χ4v) is 2.65. The van der Waals surface area contributed by atoms with Crippen LogP contribution in [0.1, 0.15) is 5.56 Å². The number of para-hydroxylation sites is 1. The molecule has 0 radical (unpaired) electrons. The van der Waals surface area contributed by atoms with Crippen LogP contribution in [-0.4, -0.2) is 11.6 Å². The highest BCUT2D eigenvalue weighted by molar-refractivity contribution is 6.30. The van der Waals surface area contributed by atoms with Gasteiger partial charge in [-0.1, -0.05) is 41.9 Å². The van der Waals surface area contributed by atoms with E-state index in [1.165, 1.54) is 0 Å². The molecule has 1 unspecified atom stereocenters. The van der Waals surface area contributed by atoms with E-state index in [0.29, 0.717) is 10.9 Å². The first kappa shape index (κ1) is 15.3. The van der Waals surface area contributed by atoms with Gasteiger partial charge in [-0.2, -0.15) is 5.10 Å². The zero-order chi connectivity index (χ0) is 16.2. The molecule has 3 rings (SSSR count). The Morgan fingerprint density at radius 3 is 2.65 bits per heavy atom. The number of nitrogens with two attached hydrogens (primary N) is 1. The van der Waals surface area contributed by atoms with Crippen molar-refractivity contribution in [2.75, 3.05) is 5.01 Å². The molecule has 2 N–H and O–H groups in total. The Kier molecular flexibility index (Phi) is 4.44. The van der Waals surface area contributed by atoms with E-state index < -0.39 is 5.92 Å². The minimum absolute atomic E-state index is 0.00233. The summed E-state index contributed by atoms with van der Waals surface area (Å²) in [5, 5.41) is 6.59. The van der Waals surface area contributed by atoms with E-state index in [1.807, 2.05) is 42.5 Å². The number of hydrogen-bond acceptors (Lipinski definition) is 4. The molecule has 0 bridgehead atoms. The lowest BCUT2D eigenvalue weighted by atomic mass is 9.96. The lowest BCUT2D eigenvalue weighted by Gasteiger charge is -2.23.